The Labute approximate surface area is 176 Å². The fourth-order valence-electron chi connectivity index (χ4n) is 2.49. The number of halogens is 1. The van der Waals surface area contributed by atoms with Crippen molar-refractivity contribution in [3.8, 4) is 11.4 Å². The first-order chi connectivity index (χ1) is 12.8. The molecule has 0 unspecified atom stereocenters. The number of rotatable bonds is 7. The van der Waals surface area contributed by atoms with Gasteiger partial charge in [0, 0.05) is 26.0 Å². The van der Waals surface area contributed by atoms with Gasteiger partial charge in [0.1, 0.15) is 12.4 Å². The summed E-state index contributed by atoms with van der Waals surface area (Å²) in [7, 11) is 1.76. The smallest absolute Gasteiger partial charge is 0.191 e. The van der Waals surface area contributed by atoms with Gasteiger partial charge in [0.25, 0.3) is 0 Å². The van der Waals surface area contributed by atoms with Gasteiger partial charge in [-0.2, -0.15) is 5.10 Å². The zero-order valence-electron chi connectivity index (χ0n) is 15.2. The van der Waals surface area contributed by atoms with Crippen molar-refractivity contribution >= 4 is 29.9 Å². The molecule has 0 saturated heterocycles. The molecule has 7 heteroatoms. The largest absolute Gasteiger partial charge is 0.492 e. The standard InChI is InChI=1S/C20H23N5O.HI/c1-21-20(22-12-14-26-19-9-3-2-4-10-19)23-16-17-7-5-8-18(15-17)25-13-6-11-24-25;/h2-11,13,15H,12,14,16H2,1H3,(H2,21,22,23);1H. The minimum Gasteiger partial charge on any atom is -0.492 e. The van der Waals surface area contributed by atoms with Crippen molar-refractivity contribution < 1.29 is 4.74 Å². The van der Waals surface area contributed by atoms with Gasteiger partial charge in [0.2, 0.25) is 0 Å². The Bertz CT molecular complexity index is 821. The van der Waals surface area contributed by atoms with Gasteiger partial charge in [-0.15, -0.1) is 24.0 Å². The van der Waals surface area contributed by atoms with Gasteiger partial charge in [-0.05, 0) is 35.9 Å². The third kappa shape index (κ3) is 6.59. The lowest BCUT2D eigenvalue weighted by Gasteiger charge is -2.13. The van der Waals surface area contributed by atoms with E-state index in [4.69, 9.17) is 4.74 Å². The molecule has 0 fully saturated rings. The molecule has 0 bridgehead atoms. The van der Waals surface area contributed by atoms with Crippen LogP contribution < -0.4 is 15.4 Å². The maximum Gasteiger partial charge on any atom is 0.191 e. The van der Waals surface area contributed by atoms with Gasteiger partial charge < -0.3 is 15.4 Å². The minimum atomic E-state index is 0. The lowest BCUT2D eigenvalue weighted by molar-refractivity contribution is 0.322. The number of hydrogen-bond donors (Lipinski definition) is 2. The van der Waals surface area contributed by atoms with Crippen molar-refractivity contribution in [2.24, 2.45) is 4.99 Å². The van der Waals surface area contributed by atoms with E-state index in [0.29, 0.717) is 19.7 Å². The molecule has 0 radical (unpaired) electrons. The van der Waals surface area contributed by atoms with Crippen LogP contribution in [-0.2, 0) is 6.54 Å². The normalized spacial score (nSPS) is 10.8. The van der Waals surface area contributed by atoms with E-state index >= 15 is 0 Å². The molecule has 0 amide bonds. The SMILES string of the molecule is CN=C(NCCOc1ccccc1)NCc1cccc(-n2cccn2)c1.I. The maximum absolute atomic E-state index is 5.67. The Balaban J connectivity index is 0.00000261. The first-order valence-corrected chi connectivity index (χ1v) is 8.56. The van der Waals surface area contributed by atoms with E-state index in [2.05, 4.69) is 32.9 Å². The average molecular weight is 477 g/mol. The summed E-state index contributed by atoms with van der Waals surface area (Å²) < 4.78 is 7.51. The molecule has 142 valence electrons. The van der Waals surface area contributed by atoms with Crippen LogP contribution in [0.2, 0.25) is 0 Å². The molecule has 0 spiro atoms. The topological polar surface area (TPSA) is 63.5 Å². The molecule has 0 aliphatic carbocycles. The van der Waals surface area contributed by atoms with Crippen LogP contribution in [-0.4, -0.2) is 35.9 Å². The highest BCUT2D eigenvalue weighted by Crippen LogP contribution is 2.09. The van der Waals surface area contributed by atoms with Crippen LogP contribution in [0.1, 0.15) is 5.56 Å². The van der Waals surface area contributed by atoms with Crippen LogP contribution in [0.25, 0.3) is 5.69 Å². The van der Waals surface area contributed by atoms with E-state index in [0.717, 1.165) is 23.0 Å². The number of benzene rings is 2. The average Bonchev–Trinajstić information content (AvgIpc) is 3.23. The van der Waals surface area contributed by atoms with Crippen molar-refractivity contribution in [3.63, 3.8) is 0 Å². The van der Waals surface area contributed by atoms with E-state index in [1.54, 1.807) is 13.2 Å². The number of para-hydroxylation sites is 1. The molecule has 2 N–H and O–H groups in total. The van der Waals surface area contributed by atoms with Crippen LogP contribution in [0.4, 0.5) is 0 Å². The summed E-state index contributed by atoms with van der Waals surface area (Å²) in [5.74, 6) is 1.61. The molecule has 3 rings (SSSR count). The number of hydrogen-bond acceptors (Lipinski definition) is 3. The molecule has 2 aromatic carbocycles. The van der Waals surface area contributed by atoms with Gasteiger partial charge in [-0.25, -0.2) is 4.68 Å². The van der Waals surface area contributed by atoms with Crippen molar-refractivity contribution in [2.75, 3.05) is 20.2 Å². The maximum atomic E-state index is 5.67. The number of aromatic nitrogens is 2. The van der Waals surface area contributed by atoms with Crippen LogP contribution >= 0.6 is 24.0 Å². The molecular weight excluding hydrogens is 453 g/mol. The van der Waals surface area contributed by atoms with Crippen LogP contribution in [0.15, 0.2) is 78.0 Å². The van der Waals surface area contributed by atoms with Crippen LogP contribution in [0.5, 0.6) is 5.75 Å². The van der Waals surface area contributed by atoms with Crippen LogP contribution in [0, 0.1) is 0 Å². The first kappa shape index (κ1) is 20.8. The van der Waals surface area contributed by atoms with Gasteiger partial charge >= 0.3 is 0 Å². The highest BCUT2D eigenvalue weighted by molar-refractivity contribution is 14.0. The summed E-state index contributed by atoms with van der Waals surface area (Å²) in [5.41, 5.74) is 2.19. The Hall–Kier alpha value is -2.55. The lowest BCUT2D eigenvalue weighted by atomic mass is 10.2. The second kappa shape index (κ2) is 11.2. The molecule has 6 nitrogen and oxygen atoms in total. The van der Waals surface area contributed by atoms with Gasteiger partial charge in [0.15, 0.2) is 5.96 Å². The second-order valence-corrected chi connectivity index (χ2v) is 5.63. The van der Waals surface area contributed by atoms with Crippen molar-refractivity contribution in [1.29, 1.82) is 0 Å². The molecule has 0 atom stereocenters. The van der Waals surface area contributed by atoms with Crippen molar-refractivity contribution in [3.05, 3.63) is 78.6 Å². The number of aliphatic imine (C=N–C) groups is 1. The number of nitrogens with zero attached hydrogens (tertiary/aromatic N) is 3. The van der Waals surface area contributed by atoms with Crippen molar-refractivity contribution in [1.82, 2.24) is 20.4 Å². The Morgan fingerprint density at radius 3 is 2.67 bits per heavy atom. The highest BCUT2D eigenvalue weighted by atomic mass is 127. The van der Waals surface area contributed by atoms with E-state index in [1.807, 2.05) is 59.4 Å². The molecule has 3 aromatic rings. The van der Waals surface area contributed by atoms with Gasteiger partial charge in [-0.3, -0.25) is 4.99 Å². The lowest BCUT2D eigenvalue weighted by Crippen LogP contribution is -2.38. The van der Waals surface area contributed by atoms with Gasteiger partial charge in [-0.1, -0.05) is 30.3 Å². The summed E-state index contributed by atoms with van der Waals surface area (Å²) in [4.78, 5) is 4.24. The molecule has 1 heterocycles. The third-order valence-corrected chi connectivity index (χ3v) is 3.77. The highest BCUT2D eigenvalue weighted by Gasteiger charge is 2.01. The summed E-state index contributed by atoms with van der Waals surface area (Å²) in [6, 6.07) is 19.9. The summed E-state index contributed by atoms with van der Waals surface area (Å²) in [6.45, 7) is 1.91. The molecule has 0 aliphatic heterocycles. The molecule has 0 saturated carbocycles. The molecule has 1 aromatic heterocycles. The Morgan fingerprint density at radius 2 is 1.93 bits per heavy atom. The summed E-state index contributed by atoms with van der Waals surface area (Å²) in [5, 5.41) is 10.8. The molecule has 0 aliphatic rings. The monoisotopic (exact) mass is 477 g/mol. The summed E-state index contributed by atoms with van der Waals surface area (Å²) in [6.07, 6.45) is 3.70. The van der Waals surface area contributed by atoms with E-state index < -0.39 is 0 Å². The Morgan fingerprint density at radius 1 is 1.07 bits per heavy atom. The van der Waals surface area contributed by atoms with Crippen molar-refractivity contribution in [2.45, 2.75) is 6.54 Å². The molecule has 27 heavy (non-hydrogen) atoms. The number of ether oxygens (including phenoxy) is 1. The third-order valence-electron chi connectivity index (χ3n) is 3.77. The predicted octanol–water partition coefficient (Wildman–Crippen LogP) is 3.23. The fraction of sp³-hybridized carbons (Fsp3) is 0.200. The number of guanidine groups is 1. The van der Waals surface area contributed by atoms with E-state index in [1.165, 1.54) is 0 Å². The quantitative estimate of drug-likeness (QED) is 0.238. The van der Waals surface area contributed by atoms with E-state index in [-0.39, 0.29) is 24.0 Å². The number of nitrogens with one attached hydrogen (secondary N) is 2. The van der Waals surface area contributed by atoms with Crippen LogP contribution in [0.3, 0.4) is 0 Å². The molecular formula is C20H24IN5O. The van der Waals surface area contributed by atoms with E-state index in [9.17, 15) is 0 Å². The summed E-state index contributed by atoms with van der Waals surface area (Å²) >= 11 is 0. The fourth-order valence-corrected chi connectivity index (χ4v) is 2.49. The predicted molar refractivity (Wildman–Crippen MR) is 119 cm³/mol. The minimum absolute atomic E-state index is 0. The second-order valence-electron chi connectivity index (χ2n) is 5.63. The first-order valence-electron chi connectivity index (χ1n) is 8.56. The zero-order chi connectivity index (χ0) is 18.0. The zero-order valence-corrected chi connectivity index (χ0v) is 17.5. The van der Waals surface area contributed by atoms with Gasteiger partial charge in [0.05, 0.1) is 12.2 Å². The Kier molecular flexibility index (Phi) is 8.63.